The SMILES string of the molecule is CC(C)(C)OC(=O)NCCc1cccc(O)c1O. The molecule has 1 aromatic carbocycles. The first-order valence-corrected chi connectivity index (χ1v) is 5.76. The van der Waals surface area contributed by atoms with Crippen molar-refractivity contribution in [2.45, 2.75) is 32.8 Å². The van der Waals surface area contributed by atoms with E-state index < -0.39 is 11.7 Å². The molecule has 0 heterocycles. The summed E-state index contributed by atoms with van der Waals surface area (Å²) in [4.78, 5) is 11.4. The quantitative estimate of drug-likeness (QED) is 0.721. The minimum absolute atomic E-state index is 0.150. The second-order valence-electron chi connectivity index (χ2n) is 4.96. The van der Waals surface area contributed by atoms with Gasteiger partial charge in [-0.05, 0) is 38.8 Å². The summed E-state index contributed by atoms with van der Waals surface area (Å²) < 4.78 is 5.07. The van der Waals surface area contributed by atoms with Gasteiger partial charge in [0.05, 0.1) is 0 Å². The molecule has 3 N–H and O–H groups in total. The Morgan fingerprint density at radius 3 is 2.61 bits per heavy atom. The standard InChI is InChI=1S/C13H19NO4/c1-13(2,3)18-12(17)14-8-7-9-5-4-6-10(15)11(9)16/h4-6,15-16H,7-8H2,1-3H3,(H,14,17). The fraction of sp³-hybridized carbons (Fsp3) is 0.462. The van der Waals surface area contributed by atoms with E-state index in [0.717, 1.165) is 0 Å². The van der Waals surface area contributed by atoms with Gasteiger partial charge in [0.15, 0.2) is 11.5 Å². The van der Waals surface area contributed by atoms with Gasteiger partial charge in [-0.1, -0.05) is 12.1 Å². The summed E-state index contributed by atoms with van der Waals surface area (Å²) in [6.45, 7) is 5.68. The molecule has 1 rings (SSSR count). The summed E-state index contributed by atoms with van der Waals surface area (Å²) in [7, 11) is 0. The summed E-state index contributed by atoms with van der Waals surface area (Å²) in [5.74, 6) is -0.312. The number of phenolic OH excluding ortho intramolecular Hbond substituents is 2. The third-order valence-electron chi connectivity index (χ3n) is 2.16. The van der Waals surface area contributed by atoms with Gasteiger partial charge in [0.25, 0.3) is 0 Å². The number of hydrogen-bond donors (Lipinski definition) is 3. The number of aromatic hydroxyl groups is 2. The van der Waals surface area contributed by atoms with Crippen LogP contribution in [0.1, 0.15) is 26.3 Å². The molecule has 1 amide bonds. The molecule has 0 saturated carbocycles. The van der Waals surface area contributed by atoms with Crippen LogP contribution in [0.2, 0.25) is 0 Å². The van der Waals surface area contributed by atoms with E-state index in [1.165, 1.54) is 6.07 Å². The second-order valence-corrected chi connectivity index (χ2v) is 4.96. The van der Waals surface area contributed by atoms with Crippen LogP contribution in [0.25, 0.3) is 0 Å². The fourth-order valence-electron chi connectivity index (χ4n) is 1.39. The molecule has 0 aliphatic rings. The molecule has 0 spiro atoms. The topological polar surface area (TPSA) is 78.8 Å². The molecule has 5 nitrogen and oxygen atoms in total. The van der Waals surface area contributed by atoms with Crippen molar-refractivity contribution in [3.05, 3.63) is 23.8 Å². The predicted octanol–water partition coefficient (Wildman–Crippen LogP) is 2.17. The van der Waals surface area contributed by atoms with E-state index in [0.29, 0.717) is 18.5 Å². The van der Waals surface area contributed by atoms with Crippen molar-refractivity contribution in [1.29, 1.82) is 0 Å². The van der Waals surface area contributed by atoms with Crippen molar-refractivity contribution in [2.24, 2.45) is 0 Å². The molecule has 1 aromatic rings. The van der Waals surface area contributed by atoms with Gasteiger partial charge >= 0.3 is 6.09 Å². The van der Waals surface area contributed by atoms with E-state index in [4.69, 9.17) is 4.74 Å². The zero-order valence-corrected chi connectivity index (χ0v) is 10.9. The molecular formula is C13H19NO4. The van der Waals surface area contributed by atoms with Gasteiger partial charge in [0.2, 0.25) is 0 Å². The normalized spacial score (nSPS) is 11.1. The van der Waals surface area contributed by atoms with Crippen molar-refractivity contribution in [3.63, 3.8) is 0 Å². The molecule has 0 aromatic heterocycles. The van der Waals surface area contributed by atoms with E-state index in [1.54, 1.807) is 32.9 Å². The highest BCUT2D eigenvalue weighted by molar-refractivity contribution is 5.67. The van der Waals surface area contributed by atoms with Crippen LogP contribution in [0.15, 0.2) is 18.2 Å². The van der Waals surface area contributed by atoms with Gasteiger partial charge in [-0.25, -0.2) is 4.79 Å². The fourth-order valence-corrected chi connectivity index (χ4v) is 1.39. The molecule has 0 aliphatic heterocycles. The summed E-state index contributed by atoms with van der Waals surface area (Å²) in [6, 6.07) is 4.73. The van der Waals surface area contributed by atoms with Gasteiger partial charge in [-0.2, -0.15) is 0 Å². The first-order chi connectivity index (χ1) is 8.29. The molecule has 18 heavy (non-hydrogen) atoms. The molecule has 0 bridgehead atoms. The number of benzene rings is 1. The highest BCUT2D eigenvalue weighted by atomic mass is 16.6. The molecule has 100 valence electrons. The van der Waals surface area contributed by atoms with Crippen LogP contribution in [-0.4, -0.2) is 28.5 Å². The number of phenols is 2. The summed E-state index contributed by atoms with van der Waals surface area (Å²) >= 11 is 0. The number of carbonyl (C=O) groups is 1. The Kier molecular flexibility index (Phi) is 4.42. The smallest absolute Gasteiger partial charge is 0.407 e. The number of hydrogen-bond acceptors (Lipinski definition) is 4. The zero-order valence-electron chi connectivity index (χ0n) is 10.9. The molecule has 0 saturated heterocycles. The van der Waals surface area contributed by atoms with Crippen LogP contribution < -0.4 is 5.32 Å². The average Bonchev–Trinajstić information content (AvgIpc) is 2.21. The van der Waals surface area contributed by atoms with Crippen LogP contribution >= 0.6 is 0 Å². The van der Waals surface area contributed by atoms with Crippen LogP contribution in [0.4, 0.5) is 4.79 Å². The maximum absolute atomic E-state index is 11.4. The lowest BCUT2D eigenvalue weighted by Crippen LogP contribution is -2.33. The molecule has 5 heteroatoms. The minimum atomic E-state index is -0.531. The van der Waals surface area contributed by atoms with Crippen LogP contribution in [0.3, 0.4) is 0 Å². The Morgan fingerprint density at radius 2 is 2.00 bits per heavy atom. The van der Waals surface area contributed by atoms with E-state index in [2.05, 4.69) is 5.32 Å². The third kappa shape index (κ3) is 4.53. The number of carbonyl (C=O) groups excluding carboxylic acids is 1. The number of nitrogens with one attached hydrogen (secondary N) is 1. The number of alkyl carbamates (subject to hydrolysis) is 1. The largest absolute Gasteiger partial charge is 0.504 e. The van der Waals surface area contributed by atoms with E-state index >= 15 is 0 Å². The van der Waals surface area contributed by atoms with Crippen molar-refractivity contribution < 1.29 is 19.7 Å². The van der Waals surface area contributed by atoms with Gasteiger partial charge in [0.1, 0.15) is 5.60 Å². The van der Waals surface area contributed by atoms with Gasteiger partial charge in [-0.15, -0.1) is 0 Å². The zero-order chi connectivity index (χ0) is 13.8. The van der Waals surface area contributed by atoms with Crippen LogP contribution in [0.5, 0.6) is 11.5 Å². The number of para-hydroxylation sites is 1. The first-order valence-electron chi connectivity index (χ1n) is 5.76. The maximum atomic E-state index is 11.4. The van der Waals surface area contributed by atoms with E-state index in [9.17, 15) is 15.0 Å². The van der Waals surface area contributed by atoms with E-state index in [1.807, 2.05) is 0 Å². The molecule has 0 radical (unpaired) electrons. The Hall–Kier alpha value is -1.91. The van der Waals surface area contributed by atoms with Gasteiger partial charge in [-0.3, -0.25) is 0 Å². The Morgan fingerprint density at radius 1 is 1.33 bits per heavy atom. The lowest BCUT2D eigenvalue weighted by Gasteiger charge is -2.19. The number of rotatable bonds is 3. The lowest BCUT2D eigenvalue weighted by molar-refractivity contribution is 0.0528. The monoisotopic (exact) mass is 253 g/mol. The number of amides is 1. The van der Waals surface area contributed by atoms with Crippen LogP contribution in [0, 0.1) is 0 Å². The molecule has 0 unspecified atom stereocenters. The van der Waals surface area contributed by atoms with Crippen LogP contribution in [-0.2, 0) is 11.2 Å². The molecule has 0 fully saturated rings. The third-order valence-corrected chi connectivity index (χ3v) is 2.16. The highest BCUT2D eigenvalue weighted by Crippen LogP contribution is 2.28. The molecule has 0 atom stereocenters. The highest BCUT2D eigenvalue weighted by Gasteiger charge is 2.15. The predicted molar refractivity (Wildman–Crippen MR) is 67.7 cm³/mol. The Balaban J connectivity index is 2.43. The van der Waals surface area contributed by atoms with Gasteiger partial charge in [0, 0.05) is 6.54 Å². The minimum Gasteiger partial charge on any atom is -0.504 e. The van der Waals surface area contributed by atoms with E-state index in [-0.39, 0.29) is 11.5 Å². The maximum Gasteiger partial charge on any atom is 0.407 e. The molecular weight excluding hydrogens is 234 g/mol. The first kappa shape index (κ1) is 14.2. The van der Waals surface area contributed by atoms with Crippen molar-refractivity contribution in [1.82, 2.24) is 5.32 Å². The van der Waals surface area contributed by atoms with Crippen molar-refractivity contribution in [2.75, 3.05) is 6.54 Å². The van der Waals surface area contributed by atoms with Gasteiger partial charge < -0.3 is 20.3 Å². The molecule has 0 aliphatic carbocycles. The summed E-state index contributed by atoms with van der Waals surface area (Å²) in [5.41, 5.74) is 0.0445. The summed E-state index contributed by atoms with van der Waals surface area (Å²) in [6.07, 6.45) is -0.0819. The second kappa shape index (κ2) is 5.62. The lowest BCUT2D eigenvalue weighted by atomic mass is 10.1. The van der Waals surface area contributed by atoms with Crippen molar-refractivity contribution in [3.8, 4) is 11.5 Å². The number of ether oxygens (including phenoxy) is 1. The summed E-state index contributed by atoms with van der Waals surface area (Å²) in [5, 5.41) is 21.4. The van der Waals surface area contributed by atoms with Crippen molar-refractivity contribution >= 4 is 6.09 Å². The Labute approximate surface area is 106 Å². The Bertz CT molecular complexity index is 423. The average molecular weight is 253 g/mol.